The van der Waals surface area contributed by atoms with E-state index < -0.39 is 35.9 Å². The number of imide groups is 1. The lowest BCUT2D eigenvalue weighted by Gasteiger charge is -2.31. The first kappa shape index (κ1) is 25.3. The number of hydrogen-bond donors (Lipinski definition) is 3. The van der Waals surface area contributed by atoms with Gasteiger partial charge >= 0.3 is 12.1 Å². The molecule has 39 heavy (non-hydrogen) atoms. The molecule has 2 fully saturated rings. The number of anilines is 1. The summed E-state index contributed by atoms with van der Waals surface area (Å²) in [5.74, 6) is -1.64. The normalized spacial score (nSPS) is 23.8. The molecule has 2 aliphatic heterocycles. The summed E-state index contributed by atoms with van der Waals surface area (Å²) in [6, 6.07) is 5.91. The van der Waals surface area contributed by atoms with Crippen molar-refractivity contribution in [2.24, 2.45) is 5.92 Å². The summed E-state index contributed by atoms with van der Waals surface area (Å²) in [5.41, 5.74) is 1.22. The summed E-state index contributed by atoms with van der Waals surface area (Å²) < 4.78 is 28.8. The van der Waals surface area contributed by atoms with Crippen molar-refractivity contribution in [3.63, 3.8) is 0 Å². The highest BCUT2D eigenvalue weighted by molar-refractivity contribution is 6.10. The van der Waals surface area contributed by atoms with Crippen molar-refractivity contribution >= 4 is 29.6 Å². The second-order valence-electron chi connectivity index (χ2n) is 10.8. The number of rotatable bonds is 4. The van der Waals surface area contributed by atoms with Gasteiger partial charge in [0.1, 0.15) is 23.7 Å². The molecule has 6 rings (SSSR count). The van der Waals surface area contributed by atoms with E-state index in [2.05, 4.69) is 16.0 Å². The molecular formula is C28H29F2N5O4. The van der Waals surface area contributed by atoms with Crippen LogP contribution in [-0.4, -0.2) is 53.3 Å². The Labute approximate surface area is 223 Å². The van der Waals surface area contributed by atoms with Crippen molar-refractivity contribution < 1.29 is 28.0 Å². The molecular weight excluding hydrogens is 508 g/mol. The van der Waals surface area contributed by atoms with Crippen molar-refractivity contribution in [1.29, 1.82) is 0 Å². The maximum absolute atomic E-state index is 14.9. The van der Waals surface area contributed by atoms with Gasteiger partial charge in [-0.3, -0.25) is 14.5 Å². The largest absolute Gasteiger partial charge is 0.341 e. The van der Waals surface area contributed by atoms with Crippen LogP contribution >= 0.6 is 0 Å². The molecule has 11 heteroatoms. The summed E-state index contributed by atoms with van der Waals surface area (Å²) in [7, 11) is 1.41. The molecule has 1 spiro atoms. The quantitative estimate of drug-likeness (QED) is 0.521. The Hall–Kier alpha value is -4.02. The lowest BCUT2D eigenvalue weighted by Crippen LogP contribution is -2.48. The predicted molar refractivity (Wildman–Crippen MR) is 137 cm³/mol. The first-order valence-electron chi connectivity index (χ1n) is 13.2. The third kappa shape index (κ3) is 4.29. The van der Waals surface area contributed by atoms with Gasteiger partial charge in [0.15, 0.2) is 0 Å². The van der Waals surface area contributed by atoms with Gasteiger partial charge in [-0.25, -0.2) is 18.4 Å². The fourth-order valence-electron chi connectivity index (χ4n) is 6.29. The van der Waals surface area contributed by atoms with Crippen LogP contribution in [0.3, 0.4) is 0 Å². The summed E-state index contributed by atoms with van der Waals surface area (Å²) >= 11 is 0. The molecule has 2 heterocycles. The zero-order valence-corrected chi connectivity index (χ0v) is 21.5. The molecule has 4 aliphatic rings. The minimum Gasteiger partial charge on any atom is -0.341 e. The number of urea groups is 2. The predicted octanol–water partition coefficient (Wildman–Crippen LogP) is 3.16. The van der Waals surface area contributed by atoms with E-state index in [9.17, 15) is 28.0 Å². The average molecular weight is 538 g/mol. The van der Waals surface area contributed by atoms with E-state index in [1.807, 2.05) is 0 Å². The number of nitrogens with one attached hydrogen (secondary N) is 3. The molecule has 0 aromatic heterocycles. The van der Waals surface area contributed by atoms with E-state index in [0.29, 0.717) is 42.9 Å². The van der Waals surface area contributed by atoms with Crippen LogP contribution in [-0.2, 0) is 34.5 Å². The van der Waals surface area contributed by atoms with Crippen molar-refractivity contribution in [3.8, 4) is 0 Å². The Balaban J connectivity index is 1.24. The Morgan fingerprint density at radius 1 is 1.05 bits per heavy atom. The molecule has 1 saturated heterocycles. The van der Waals surface area contributed by atoms with Crippen LogP contribution in [0, 0.1) is 17.6 Å². The number of carbonyl (C=O) groups is 4. The lowest BCUT2D eigenvalue weighted by molar-refractivity contribution is -0.141. The SMILES string of the molecule is CNC(=O)Nc1cc2c(cc1F)C1(CC2)NC(=O)N(CC(=O)N2Cc3ccc(F)cc3CC[C@H]2C2CC2)C1=O. The number of carbonyl (C=O) groups excluding carboxylic acids is 4. The van der Waals surface area contributed by atoms with Crippen LogP contribution in [0.2, 0.25) is 0 Å². The van der Waals surface area contributed by atoms with Crippen LogP contribution in [0.25, 0.3) is 0 Å². The van der Waals surface area contributed by atoms with Crippen molar-refractivity contribution in [2.45, 2.75) is 56.7 Å². The van der Waals surface area contributed by atoms with Crippen LogP contribution in [0.1, 0.15) is 47.9 Å². The molecule has 2 aromatic carbocycles. The molecule has 2 aromatic rings. The summed E-state index contributed by atoms with van der Waals surface area (Å²) in [4.78, 5) is 54.8. The molecule has 9 nitrogen and oxygen atoms in total. The summed E-state index contributed by atoms with van der Waals surface area (Å²) in [6.45, 7) is -0.139. The molecule has 6 amide bonds. The Kier molecular flexibility index (Phi) is 6.04. The van der Waals surface area contributed by atoms with Gasteiger partial charge in [0.2, 0.25) is 5.91 Å². The van der Waals surface area contributed by atoms with Crippen LogP contribution in [0.4, 0.5) is 24.1 Å². The Bertz CT molecular complexity index is 1410. The van der Waals surface area contributed by atoms with Gasteiger partial charge in [0.05, 0.1) is 5.69 Å². The summed E-state index contributed by atoms with van der Waals surface area (Å²) in [6.07, 6.45) is 3.96. The standard InChI is InChI=1S/C28H29F2N5O4/c1-31-26(38)32-22-11-17-8-9-28(20(17)12-21(22)30)25(37)35(27(39)33-28)14-24(36)34-13-18-4-6-19(29)10-16(18)5-7-23(34)15-2-3-15/h4,6,10-12,15,23H,2-3,5,7-9,13-14H2,1H3,(H,33,39)(H2,31,32,38)/t23-,28?/m0/s1. The zero-order valence-electron chi connectivity index (χ0n) is 21.5. The zero-order chi connectivity index (χ0) is 27.5. The smallest absolute Gasteiger partial charge is 0.325 e. The Morgan fingerprint density at radius 2 is 1.85 bits per heavy atom. The number of fused-ring (bicyclic) bond motifs is 3. The number of nitrogens with zero attached hydrogens (tertiary/aromatic N) is 2. The highest BCUT2D eigenvalue weighted by atomic mass is 19.1. The van der Waals surface area contributed by atoms with Gasteiger partial charge in [0.25, 0.3) is 5.91 Å². The van der Waals surface area contributed by atoms with Gasteiger partial charge in [-0.05, 0) is 91.0 Å². The number of hydrogen-bond acceptors (Lipinski definition) is 4. The van der Waals surface area contributed by atoms with Gasteiger partial charge in [-0.2, -0.15) is 0 Å². The van der Waals surface area contributed by atoms with Gasteiger partial charge in [-0.15, -0.1) is 0 Å². The molecule has 2 aliphatic carbocycles. The molecule has 2 atom stereocenters. The highest BCUT2D eigenvalue weighted by Gasteiger charge is 2.56. The number of aryl methyl sites for hydroxylation is 2. The third-order valence-electron chi connectivity index (χ3n) is 8.47. The molecule has 1 unspecified atom stereocenters. The van der Waals surface area contributed by atoms with Gasteiger partial charge < -0.3 is 20.9 Å². The molecule has 3 N–H and O–H groups in total. The molecule has 1 saturated carbocycles. The molecule has 0 radical (unpaired) electrons. The second-order valence-corrected chi connectivity index (χ2v) is 10.8. The van der Waals surface area contributed by atoms with E-state index in [1.54, 1.807) is 11.0 Å². The van der Waals surface area contributed by atoms with Crippen molar-refractivity contribution in [3.05, 3.63) is 64.2 Å². The Morgan fingerprint density at radius 3 is 2.59 bits per heavy atom. The minimum absolute atomic E-state index is 0.0265. The molecule has 204 valence electrons. The van der Waals surface area contributed by atoms with E-state index in [1.165, 1.54) is 31.3 Å². The van der Waals surface area contributed by atoms with E-state index >= 15 is 0 Å². The van der Waals surface area contributed by atoms with Crippen molar-refractivity contribution in [1.82, 2.24) is 20.4 Å². The number of benzene rings is 2. The van der Waals surface area contributed by atoms with E-state index in [-0.39, 0.29) is 29.9 Å². The minimum atomic E-state index is -1.46. The van der Waals surface area contributed by atoms with Gasteiger partial charge in [0, 0.05) is 19.6 Å². The lowest BCUT2D eigenvalue weighted by atomic mass is 9.91. The van der Waals surface area contributed by atoms with Crippen LogP contribution < -0.4 is 16.0 Å². The second kappa shape index (κ2) is 9.32. The van der Waals surface area contributed by atoms with Gasteiger partial charge in [-0.1, -0.05) is 6.07 Å². The van der Waals surface area contributed by atoms with E-state index in [4.69, 9.17) is 0 Å². The van der Waals surface area contributed by atoms with E-state index in [0.717, 1.165) is 28.9 Å². The monoisotopic (exact) mass is 537 g/mol. The number of halogens is 2. The van der Waals surface area contributed by atoms with Crippen LogP contribution in [0.5, 0.6) is 0 Å². The molecule has 0 bridgehead atoms. The van der Waals surface area contributed by atoms with Crippen molar-refractivity contribution in [2.75, 3.05) is 18.9 Å². The maximum Gasteiger partial charge on any atom is 0.325 e. The number of amides is 6. The first-order chi connectivity index (χ1) is 18.7. The fourth-order valence-corrected chi connectivity index (χ4v) is 6.29. The van der Waals surface area contributed by atoms with Crippen LogP contribution in [0.15, 0.2) is 30.3 Å². The highest BCUT2D eigenvalue weighted by Crippen LogP contribution is 2.44. The topological polar surface area (TPSA) is 111 Å². The summed E-state index contributed by atoms with van der Waals surface area (Å²) in [5, 5.41) is 7.51. The maximum atomic E-state index is 14.9. The third-order valence-corrected chi connectivity index (χ3v) is 8.47. The fraction of sp³-hybridized carbons (Fsp3) is 0.429. The first-order valence-corrected chi connectivity index (χ1v) is 13.2. The average Bonchev–Trinajstić information content (AvgIpc) is 3.68.